The Bertz CT molecular complexity index is 481. The molecule has 1 aromatic carbocycles. The second-order valence-corrected chi connectivity index (χ2v) is 3.80. The number of nitrogens with zero attached hydrogens (tertiary/aromatic N) is 1. The predicted octanol–water partition coefficient (Wildman–Crippen LogP) is 2.18. The van der Waals surface area contributed by atoms with Crippen molar-refractivity contribution in [2.75, 3.05) is 6.54 Å². The average molecular weight is 261 g/mol. The predicted molar refractivity (Wildman–Crippen MR) is 52.8 cm³/mol. The van der Waals surface area contributed by atoms with E-state index in [0.29, 0.717) is 0 Å². The Morgan fingerprint density at radius 3 is 1.89 bits per heavy atom. The molecule has 7 heteroatoms. The molecule has 1 heterocycles. The lowest BCUT2D eigenvalue weighted by Gasteiger charge is -2.21. The zero-order valence-corrected chi connectivity index (χ0v) is 8.87. The second kappa shape index (κ2) is 4.08. The molecule has 0 saturated carbocycles. The molecule has 0 fully saturated rings. The molecule has 0 N–H and O–H groups in total. The zero-order valence-electron chi connectivity index (χ0n) is 8.87. The average Bonchev–Trinajstić information content (AvgIpc) is 2.55. The number of fused-ring (bicyclic) bond motifs is 1. The molecular weight excluding hydrogens is 254 g/mol. The Morgan fingerprint density at radius 1 is 1.06 bits per heavy atom. The summed E-state index contributed by atoms with van der Waals surface area (Å²) in [7, 11) is 0. The highest BCUT2D eigenvalue weighted by molar-refractivity contribution is 6.21. The van der Waals surface area contributed by atoms with Crippen LogP contribution in [0.4, 0.5) is 17.6 Å². The summed E-state index contributed by atoms with van der Waals surface area (Å²) in [5, 5.41) is 0. The smallest absolute Gasteiger partial charge is 0.269 e. The highest BCUT2D eigenvalue weighted by Gasteiger charge is 2.47. The van der Waals surface area contributed by atoms with Crippen molar-refractivity contribution in [3.63, 3.8) is 0 Å². The number of amides is 2. The summed E-state index contributed by atoms with van der Waals surface area (Å²) in [4.78, 5) is 23.4. The van der Waals surface area contributed by atoms with Crippen molar-refractivity contribution < 1.29 is 27.2 Å². The van der Waals surface area contributed by atoms with Gasteiger partial charge in [0.2, 0.25) is 0 Å². The number of hydrogen-bond donors (Lipinski definition) is 0. The molecule has 0 bridgehead atoms. The molecule has 0 unspecified atom stereocenters. The number of benzene rings is 1. The van der Waals surface area contributed by atoms with Gasteiger partial charge in [0.05, 0.1) is 17.7 Å². The van der Waals surface area contributed by atoms with Crippen molar-refractivity contribution in [3.05, 3.63) is 35.4 Å². The molecule has 1 aliphatic heterocycles. The van der Waals surface area contributed by atoms with E-state index in [0.717, 1.165) is 0 Å². The minimum atomic E-state index is -4.41. The summed E-state index contributed by atoms with van der Waals surface area (Å²) >= 11 is 0. The van der Waals surface area contributed by atoms with Crippen LogP contribution in [-0.2, 0) is 0 Å². The van der Waals surface area contributed by atoms with E-state index in [-0.39, 0.29) is 16.0 Å². The van der Waals surface area contributed by atoms with Gasteiger partial charge in [-0.3, -0.25) is 14.5 Å². The van der Waals surface area contributed by atoms with Crippen LogP contribution in [0.1, 0.15) is 20.7 Å². The number of carbonyl (C=O) groups excluding carboxylic acids is 2. The van der Waals surface area contributed by atoms with E-state index in [1.807, 2.05) is 0 Å². The van der Waals surface area contributed by atoms with Crippen LogP contribution in [0.5, 0.6) is 0 Å². The lowest BCUT2D eigenvalue weighted by atomic mass is 10.1. The monoisotopic (exact) mass is 261 g/mol. The molecule has 0 aromatic heterocycles. The molecule has 0 radical (unpaired) electrons. The number of hydrogen-bond acceptors (Lipinski definition) is 2. The number of imide groups is 1. The summed E-state index contributed by atoms with van der Waals surface area (Å²) in [6.45, 7) is -1.61. The normalized spacial score (nSPS) is 15.5. The lowest BCUT2D eigenvalue weighted by molar-refractivity contribution is -0.134. The largest absolute Gasteiger partial charge is 0.325 e. The van der Waals surface area contributed by atoms with E-state index in [2.05, 4.69) is 0 Å². The van der Waals surface area contributed by atoms with Crippen LogP contribution in [0.15, 0.2) is 24.3 Å². The molecule has 0 spiro atoms. The molecule has 1 aliphatic rings. The Kier molecular flexibility index (Phi) is 2.84. The minimum absolute atomic E-state index is 0.0485. The standard InChI is InChI=1S/C11H7F4NO2/c12-10(13)11(14,15)5-16-8(17)6-3-1-2-4-7(6)9(16)18/h1-4,10H,5H2. The van der Waals surface area contributed by atoms with Crippen LogP contribution in [0.25, 0.3) is 0 Å². The van der Waals surface area contributed by atoms with Gasteiger partial charge in [0, 0.05) is 0 Å². The van der Waals surface area contributed by atoms with Gasteiger partial charge in [-0.2, -0.15) is 8.78 Å². The Hall–Kier alpha value is -1.92. The van der Waals surface area contributed by atoms with Crippen LogP contribution in [0.2, 0.25) is 0 Å². The maximum absolute atomic E-state index is 12.9. The number of rotatable bonds is 3. The Balaban J connectivity index is 2.30. The van der Waals surface area contributed by atoms with Crippen molar-refractivity contribution in [2.45, 2.75) is 12.3 Å². The van der Waals surface area contributed by atoms with Crippen molar-refractivity contribution in [1.82, 2.24) is 4.90 Å². The first kappa shape index (κ1) is 12.5. The summed E-state index contributed by atoms with van der Waals surface area (Å²) in [6.07, 6.45) is -3.93. The van der Waals surface area contributed by atoms with Crippen LogP contribution < -0.4 is 0 Å². The summed E-state index contributed by atoms with van der Waals surface area (Å²) in [6, 6.07) is 5.49. The van der Waals surface area contributed by atoms with E-state index in [9.17, 15) is 27.2 Å². The van der Waals surface area contributed by atoms with E-state index in [4.69, 9.17) is 0 Å². The first-order valence-corrected chi connectivity index (χ1v) is 4.96. The molecule has 1 aromatic rings. The fourth-order valence-corrected chi connectivity index (χ4v) is 1.66. The van der Waals surface area contributed by atoms with Gasteiger partial charge in [0.1, 0.15) is 0 Å². The van der Waals surface area contributed by atoms with E-state index in [1.54, 1.807) is 0 Å². The fourth-order valence-electron chi connectivity index (χ4n) is 1.66. The Labute approximate surface area is 99.0 Å². The molecule has 3 nitrogen and oxygen atoms in total. The highest BCUT2D eigenvalue weighted by Crippen LogP contribution is 2.29. The molecule has 18 heavy (non-hydrogen) atoms. The van der Waals surface area contributed by atoms with Gasteiger partial charge in [0.25, 0.3) is 11.8 Å². The second-order valence-electron chi connectivity index (χ2n) is 3.80. The third-order valence-electron chi connectivity index (χ3n) is 2.57. The number of halogens is 4. The zero-order chi connectivity index (χ0) is 13.5. The third kappa shape index (κ3) is 1.85. The molecule has 2 amide bonds. The van der Waals surface area contributed by atoms with Crippen molar-refractivity contribution in [2.24, 2.45) is 0 Å². The maximum Gasteiger partial charge on any atom is 0.325 e. The molecule has 96 valence electrons. The van der Waals surface area contributed by atoms with Gasteiger partial charge in [-0.05, 0) is 12.1 Å². The topological polar surface area (TPSA) is 37.4 Å². The van der Waals surface area contributed by atoms with Gasteiger partial charge >= 0.3 is 12.3 Å². The Morgan fingerprint density at radius 2 is 1.50 bits per heavy atom. The quantitative estimate of drug-likeness (QED) is 0.617. The third-order valence-corrected chi connectivity index (χ3v) is 2.57. The van der Waals surface area contributed by atoms with E-state index >= 15 is 0 Å². The molecular formula is C11H7F4NO2. The van der Waals surface area contributed by atoms with Crippen LogP contribution in [0.3, 0.4) is 0 Å². The maximum atomic E-state index is 12.9. The molecule has 0 atom stereocenters. The van der Waals surface area contributed by atoms with Crippen LogP contribution in [-0.4, -0.2) is 35.6 Å². The van der Waals surface area contributed by atoms with Crippen molar-refractivity contribution in [1.29, 1.82) is 0 Å². The number of carbonyl (C=O) groups is 2. The SMILES string of the molecule is O=C1c2ccccc2C(=O)N1CC(F)(F)C(F)F. The van der Waals surface area contributed by atoms with E-state index in [1.165, 1.54) is 24.3 Å². The van der Waals surface area contributed by atoms with Gasteiger partial charge in [-0.25, -0.2) is 8.78 Å². The van der Waals surface area contributed by atoms with Gasteiger partial charge in [-0.15, -0.1) is 0 Å². The highest BCUT2D eigenvalue weighted by atomic mass is 19.3. The van der Waals surface area contributed by atoms with Crippen molar-refractivity contribution in [3.8, 4) is 0 Å². The van der Waals surface area contributed by atoms with Crippen LogP contribution in [0, 0.1) is 0 Å². The fraction of sp³-hybridized carbons (Fsp3) is 0.273. The summed E-state index contributed by atoms with van der Waals surface area (Å²) < 4.78 is 49.8. The van der Waals surface area contributed by atoms with Crippen LogP contribution >= 0.6 is 0 Å². The molecule has 2 rings (SSSR count). The van der Waals surface area contributed by atoms with Gasteiger partial charge < -0.3 is 0 Å². The van der Waals surface area contributed by atoms with Gasteiger partial charge in [0.15, 0.2) is 0 Å². The number of alkyl halides is 4. The molecule has 0 saturated heterocycles. The first-order chi connectivity index (χ1) is 8.34. The minimum Gasteiger partial charge on any atom is -0.269 e. The van der Waals surface area contributed by atoms with E-state index < -0.39 is 30.7 Å². The molecule has 0 aliphatic carbocycles. The van der Waals surface area contributed by atoms with Gasteiger partial charge in [-0.1, -0.05) is 12.1 Å². The van der Waals surface area contributed by atoms with Crippen molar-refractivity contribution >= 4 is 11.8 Å². The summed E-state index contributed by atoms with van der Waals surface area (Å²) in [5.74, 6) is -6.36. The lowest BCUT2D eigenvalue weighted by Crippen LogP contribution is -2.44. The first-order valence-electron chi connectivity index (χ1n) is 4.96. The summed E-state index contributed by atoms with van der Waals surface area (Å²) in [5.41, 5.74) is -0.0971.